The van der Waals surface area contributed by atoms with E-state index in [1.807, 2.05) is 13.0 Å². The van der Waals surface area contributed by atoms with Crippen LogP contribution in [0.15, 0.2) is 28.7 Å². The number of hydrogen-bond donors (Lipinski definition) is 2. The van der Waals surface area contributed by atoms with Crippen molar-refractivity contribution in [3.63, 3.8) is 0 Å². The van der Waals surface area contributed by atoms with Crippen molar-refractivity contribution in [1.82, 2.24) is 20.4 Å². The quantitative estimate of drug-likeness (QED) is 0.797. The molecule has 1 aromatic carbocycles. The molecule has 130 valence electrons. The number of hydrogen-bond acceptors (Lipinski definition) is 3. The Bertz CT molecular complexity index is 615. The first-order chi connectivity index (χ1) is 11.5. The summed E-state index contributed by atoms with van der Waals surface area (Å²) in [5, 5.41) is 5.38. The van der Waals surface area contributed by atoms with E-state index >= 15 is 0 Å². The van der Waals surface area contributed by atoms with Crippen LogP contribution in [-0.4, -0.2) is 66.9 Å². The lowest BCUT2D eigenvalue weighted by Gasteiger charge is -2.34. The fraction of sp³-hybridized carbons (Fsp3) is 0.438. The maximum atomic E-state index is 12.2. The predicted molar refractivity (Wildman–Crippen MR) is 93.7 cm³/mol. The van der Waals surface area contributed by atoms with Crippen LogP contribution in [0.4, 0.5) is 4.79 Å². The normalized spacial score (nSPS) is 14.2. The second-order valence-corrected chi connectivity index (χ2v) is 6.31. The molecule has 0 spiro atoms. The fourth-order valence-corrected chi connectivity index (χ4v) is 2.82. The first-order valence-electron chi connectivity index (χ1n) is 7.85. The number of benzene rings is 1. The van der Waals surface area contributed by atoms with Crippen LogP contribution in [0.5, 0.6) is 0 Å². The number of halogens is 1. The molecule has 0 bridgehead atoms. The minimum absolute atomic E-state index is 0.0491. The van der Waals surface area contributed by atoms with Gasteiger partial charge in [0.2, 0.25) is 5.91 Å². The number of carbonyl (C=O) groups is 3. The van der Waals surface area contributed by atoms with Gasteiger partial charge in [-0.3, -0.25) is 9.59 Å². The zero-order chi connectivity index (χ0) is 17.5. The molecule has 1 aromatic rings. The molecule has 2 rings (SSSR count). The highest BCUT2D eigenvalue weighted by Gasteiger charge is 2.23. The molecule has 1 saturated heterocycles. The van der Waals surface area contributed by atoms with Crippen LogP contribution in [0.3, 0.4) is 0 Å². The number of nitrogens with one attached hydrogen (secondary N) is 2. The van der Waals surface area contributed by atoms with E-state index in [-0.39, 0.29) is 24.4 Å². The van der Waals surface area contributed by atoms with Crippen LogP contribution in [0.1, 0.15) is 17.3 Å². The van der Waals surface area contributed by atoms with Crippen LogP contribution in [-0.2, 0) is 4.79 Å². The van der Waals surface area contributed by atoms with Crippen LogP contribution >= 0.6 is 15.9 Å². The van der Waals surface area contributed by atoms with Gasteiger partial charge in [-0.25, -0.2) is 4.79 Å². The van der Waals surface area contributed by atoms with Crippen molar-refractivity contribution in [3.8, 4) is 0 Å². The Morgan fingerprint density at radius 3 is 2.38 bits per heavy atom. The molecule has 1 heterocycles. The number of amides is 4. The molecule has 8 heteroatoms. The minimum Gasteiger partial charge on any atom is -0.343 e. The second kappa shape index (κ2) is 8.68. The van der Waals surface area contributed by atoms with Gasteiger partial charge in [-0.1, -0.05) is 22.0 Å². The molecule has 0 aliphatic carbocycles. The van der Waals surface area contributed by atoms with Crippen molar-refractivity contribution in [1.29, 1.82) is 0 Å². The average Bonchev–Trinajstić information content (AvgIpc) is 2.59. The monoisotopic (exact) mass is 396 g/mol. The molecule has 0 atom stereocenters. The number of piperazine rings is 1. The number of carbonyl (C=O) groups excluding carboxylic acids is 3. The number of nitrogens with zero attached hydrogens (tertiary/aromatic N) is 2. The third-order valence-corrected chi connectivity index (χ3v) is 4.23. The maximum Gasteiger partial charge on any atom is 0.317 e. The average molecular weight is 397 g/mol. The first kappa shape index (κ1) is 18.3. The van der Waals surface area contributed by atoms with E-state index in [1.54, 1.807) is 28.0 Å². The van der Waals surface area contributed by atoms with Gasteiger partial charge in [0.15, 0.2) is 0 Å². The van der Waals surface area contributed by atoms with E-state index < -0.39 is 0 Å². The summed E-state index contributed by atoms with van der Waals surface area (Å²) in [5.41, 5.74) is 0.498. The van der Waals surface area contributed by atoms with Crippen LogP contribution in [0.25, 0.3) is 0 Å². The van der Waals surface area contributed by atoms with Crippen LogP contribution in [0, 0.1) is 0 Å². The largest absolute Gasteiger partial charge is 0.343 e. The molecule has 1 aliphatic heterocycles. The predicted octanol–water partition coefficient (Wildman–Crippen LogP) is 1.05. The summed E-state index contributed by atoms with van der Waals surface area (Å²) in [7, 11) is 0. The van der Waals surface area contributed by atoms with Gasteiger partial charge in [-0.15, -0.1) is 0 Å². The van der Waals surface area contributed by atoms with E-state index in [0.29, 0.717) is 38.3 Å². The van der Waals surface area contributed by atoms with E-state index in [4.69, 9.17) is 0 Å². The molecule has 1 fully saturated rings. The van der Waals surface area contributed by atoms with Gasteiger partial charge in [0.1, 0.15) is 0 Å². The Labute approximate surface area is 149 Å². The maximum absolute atomic E-state index is 12.2. The summed E-state index contributed by atoms with van der Waals surface area (Å²) >= 11 is 3.31. The standard InChI is InChI=1S/C16H21BrN4O3/c1-2-18-16(24)21-8-6-20(7-9-21)14(22)11-19-15(23)12-4-3-5-13(17)10-12/h3-5,10H,2,6-9,11H2,1H3,(H,18,24)(H,19,23). The molecule has 4 amide bonds. The summed E-state index contributed by atoms with van der Waals surface area (Å²) in [6.07, 6.45) is 0. The van der Waals surface area contributed by atoms with Gasteiger partial charge in [-0.2, -0.15) is 0 Å². The van der Waals surface area contributed by atoms with Crippen molar-refractivity contribution >= 4 is 33.8 Å². The molecule has 0 aromatic heterocycles. The van der Waals surface area contributed by atoms with Crippen molar-refractivity contribution in [2.24, 2.45) is 0 Å². The lowest BCUT2D eigenvalue weighted by Crippen LogP contribution is -2.54. The fourth-order valence-electron chi connectivity index (χ4n) is 2.42. The second-order valence-electron chi connectivity index (χ2n) is 5.40. The van der Waals surface area contributed by atoms with Crippen molar-refractivity contribution in [2.45, 2.75) is 6.92 Å². The number of rotatable bonds is 4. The third kappa shape index (κ3) is 4.95. The Hall–Kier alpha value is -2.09. The minimum atomic E-state index is -0.286. The molecule has 24 heavy (non-hydrogen) atoms. The molecule has 7 nitrogen and oxygen atoms in total. The topological polar surface area (TPSA) is 81.8 Å². The first-order valence-corrected chi connectivity index (χ1v) is 8.65. The Morgan fingerprint density at radius 1 is 1.08 bits per heavy atom. The van der Waals surface area contributed by atoms with Gasteiger partial charge in [0.05, 0.1) is 6.54 Å². The van der Waals surface area contributed by atoms with Gasteiger partial charge in [-0.05, 0) is 25.1 Å². The highest BCUT2D eigenvalue weighted by Crippen LogP contribution is 2.11. The highest BCUT2D eigenvalue weighted by molar-refractivity contribution is 9.10. The van der Waals surface area contributed by atoms with E-state index in [0.717, 1.165) is 4.47 Å². The number of urea groups is 1. The Balaban J connectivity index is 1.77. The zero-order valence-corrected chi connectivity index (χ0v) is 15.1. The summed E-state index contributed by atoms with van der Waals surface area (Å²) in [6.45, 7) is 4.34. The highest BCUT2D eigenvalue weighted by atomic mass is 79.9. The SMILES string of the molecule is CCNC(=O)N1CCN(C(=O)CNC(=O)c2cccc(Br)c2)CC1. The summed E-state index contributed by atoms with van der Waals surface area (Å²) in [4.78, 5) is 39.3. The smallest absolute Gasteiger partial charge is 0.317 e. The molecular formula is C16H21BrN4O3. The summed E-state index contributed by atoms with van der Waals surface area (Å²) in [6, 6.07) is 6.88. The van der Waals surface area contributed by atoms with E-state index in [2.05, 4.69) is 26.6 Å². The van der Waals surface area contributed by atoms with Gasteiger partial charge in [0.25, 0.3) is 5.91 Å². The van der Waals surface area contributed by atoms with E-state index in [9.17, 15) is 14.4 Å². The zero-order valence-electron chi connectivity index (χ0n) is 13.5. The van der Waals surface area contributed by atoms with Gasteiger partial charge < -0.3 is 20.4 Å². The third-order valence-electron chi connectivity index (χ3n) is 3.73. The van der Waals surface area contributed by atoms with Crippen LogP contribution < -0.4 is 10.6 Å². The molecule has 0 unspecified atom stereocenters. The van der Waals surface area contributed by atoms with Gasteiger partial charge >= 0.3 is 6.03 Å². The summed E-state index contributed by atoms with van der Waals surface area (Å²) in [5.74, 6) is -0.431. The van der Waals surface area contributed by atoms with Crippen molar-refractivity contribution in [2.75, 3.05) is 39.3 Å². The molecule has 2 N–H and O–H groups in total. The molecule has 0 saturated carbocycles. The Morgan fingerprint density at radius 2 is 1.75 bits per heavy atom. The van der Waals surface area contributed by atoms with Crippen molar-refractivity contribution in [3.05, 3.63) is 34.3 Å². The van der Waals surface area contributed by atoms with Crippen molar-refractivity contribution < 1.29 is 14.4 Å². The lowest BCUT2D eigenvalue weighted by molar-refractivity contribution is -0.131. The molecular weight excluding hydrogens is 376 g/mol. The van der Waals surface area contributed by atoms with E-state index in [1.165, 1.54) is 0 Å². The molecule has 0 radical (unpaired) electrons. The summed E-state index contributed by atoms with van der Waals surface area (Å²) < 4.78 is 0.808. The van der Waals surface area contributed by atoms with Gasteiger partial charge in [0, 0.05) is 42.8 Å². The Kier molecular flexibility index (Phi) is 6.60. The molecule has 1 aliphatic rings. The van der Waals surface area contributed by atoms with Crippen LogP contribution in [0.2, 0.25) is 0 Å². The lowest BCUT2D eigenvalue weighted by atomic mass is 10.2.